The number of nitrogens with one attached hydrogen (secondary N) is 5. The number of ether oxygens (including phenoxy) is 3. The summed E-state index contributed by atoms with van der Waals surface area (Å²) in [5.74, 6) is -2.31. The van der Waals surface area contributed by atoms with Crippen LogP contribution < -0.4 is 26.6 Å². The topological polar surface area (TPSA) is 193 Å². The molecule has 0 aromatic rings. The second kappa shape index (κ2) is 23.4. The third kappa shape index (κ3) is 21.0. The molecule has 14 heteroatoms. The van der Waals surface area contributed by atoms with Crippen molar-refractivity contribution < 1.29 is 43.3 Å². The summed E-state index contributed by atoms with van der Waals surface area (Å²) >= 11 is 0. The van der Waals surface area contributed by atoms with Gasteiger partial charge in [-0.3, -0.25) is 19.2 Å². The number of methoxy groups -OCH3 is 1. The van der Waals surface area contributed by atoms with E-state index in [1.165, 1.54) is 7.11 Å². The molecule has 0 saturated heterocycles. The number of amides is 5. The predicted molar refractivity (Wildman–Crippen MR) is 188 cm³/mol. The molecule has 0 aromatic heterocycles. The molecular weight excluding hydrogens is 634 g/mol. The van der Waals surface area contributed by atoms with Crippen molar-refractivity contribution in [3.8, 4) is 0 Å². The Morgan fingerprint density at radius 3 is 1.71 bits per heavy atom. The molecule has 0 aliphatic heterocycles. The Morgan fingerprint density at radius 2 is 1.20 bits per heavy atom. The Kier molecular flexibility index (Phi) is 22.0. The average molecular weight is 702 g/mol. The lowest BCUT2D eigenvalue weighted by Crippen LogP contribution is -2.57. The van der Waals surface area contributed by atoms with E-state index in [1.807, 2.05) is 48.5 Å². The molecule has 0 aromatic carbocycles. The van der Waals surface area contributed by atoms with Crippen LogP contribution in [-0.2, 0) is 33.4 Å². The predicted octanol–water partition coefficient (Wildman–Crippen LogP) is 3.15. The second-order valence-corrected chi connectivity index (χ2v) is 15.0. The molecule has 0 saturated carbocycles. The van der Waals surface area contributed by atoms with Gasteiger partial charge in [-0.15, -0.1) is 0 Å². The Morgan fingerprint density at radius 1 is 0.673 bits per heavy atom. The Balaban J connectivity index is 5.93. The Hall–Kier alpha value is -2.97. The van der Waals surface area contributed by atoms with E-state index < -0.39 is 59.7 Å². The molecule has 286 valence electrons. The molecule has 14 nitrogen and oxygen atoms in total. The maximum Gasteiger partial charge on any atom is 0.408 e. The van der Waals surface area contributed by atoms with Gasteiger partial charge >= 0.3 is 6.09 Å². The summed E-state index contributed by atoms with van der Waals surface area (Å²) in [5, 5.41) is 25.2. The van der Waals surface area contributed by atoms with Gasteiger partial charge in [-0.2, -0.15) is 0 Å². The van der Waals surface area contributed by atoms with Gasteiger partial charge in [0.15, 0.2) is 0 Å². The van der Waals surface area contributed by atoms with Crippen molar-refractivity contribution in [2.24, 2.45) is 17.8 Å². The highest BCUT2D eigenvalue weighted by atomic mass is 16.7. The van der Waals surface area contributed by atoms with Crippen molar-refractivity contribution in [3.63, 3.8) is 0 Å². The van der Waals surface area contributed by atoms with E-state index >= 15 is 0 Å². The normalized spacial score (nSPS) is 15.5. The van der Waals surface area contributed by atoms with Crippen molar-refractivity contribution in [1.29, 1.82) is 0 Å². The zero-order chi connectivity index (χ0) is 37.9. The van der Waals surface area contributed by atoms with Crippen LogP contribution in [0.15, 0.2) is 0 Å². The van der Waals surface area contributed by atoms with Crippen molar-refractivity contribution in [2.45, 2.75) is 157 Å². The molecule has 0 heterocycles. The molecule has 0 bridgehead atoms. The lowest BCUT2D eigenvalue weighted by molar-refractivity contribution is -0.133. The van der Waals surface area contributed by atoms with Crippen LogP contribution in [0.2, 0.25) is 0 Å². The van der Waals surface area contributed by atoms with Gasteiger partial charge in [0.25, 0.3) is 0 Å². The minimum Gasteiger partial charge on any atom is -0.444 e. The summed E-state index contributed by atoms with van der Waals surface area (Å²) in [6.07, 6.45) is 0.112. The average Bonchev–Trinajstić information content (AvgIpc) is 2.95. The minimum absolute atomic E-state index is 0.00859. The standard InChI is InChI=1S/C35H67N5O9/c1-13-14-25(31(43)36-23(6)7)37-30(42)24(8)19-29(41)27(17-21(2)3)39-32(44)26(15-16-48-20-47-12)38-33(45)28(18-22(4)5)40-34(46)49-35(9,10)11/h21-29,41H,13-20H2,1-12H3,(H,36,43)(H,37,42)(H,38,45)(H,39,44)(H,40,46)/t24-,25+,26+,27+,28+,29+/m1/s1. The van der Waals surface area contributed by atoms with Gasteiger partial charge in [0.1, 0.15) is 30.5 Å². The summed E-state index contributed by atoms with van der Waals surface area (Å²) in [4.78, 5) is 65.5. The lowest BCUT2D eigenvalue weighted by Gasteiger charge is -2.30. The first-order valence-corrected chi connectivity index (χ1v) is 17.7. The molecule has 0 spiro atoms. The number of aliphatic hydroxyl groups excluding tert-OH is 1. The Labute approximate surface area is 294 Å². The van der Waals surface area contributed by atoms with Gasteiger partial charge in [-0.05, 0) is 72.1 Å². The monoisotopic (exact) mass is 701 g/mol. The van der Waals surface area contributed by atoms with Crippen LogP contribution in [-0.4, -0.2) is 97.3 Å². The highest BCUT2D eigenvalue weighted by Crippen LogP contribution is 2.17. The first kappa shape index (κ1) is 46.0. The fourth-order valence-electron chi connectivity index (χ4n) is 5.03. The number of alkyl carbamates (subject to hydrolysis) is 1. The number of hydrogen-bond donors (Lipinski definition) is 6. The maximum absolute atomic E-state index is 13.7. The first-order chi connectivity index (χ1) is 22.7. The molecule has 49 heavy (non-hydrogen) atoms. The Bertz CT molecular complexity index is 1020. The van der Waals surface area contributed by atoms with E-state index in [2.05, 4.69) is 26.6 Å². The molecule has 0 unspecified atom stereocenters. The summed E-state index contributed by atoms with van der Waals surface area (Å²) in [6.45, 7) is 20.2. The van der Waals surface area contributed by atoms with Crippen LogP contribution in [0.3, 0.4) is 0 Å². The quantitative estimate of drug-likeness (QED) is 0.0686. The van der Waals surface area contributed by atoms with Gasteiger partial charge in [-0.1, -0.05) is 48.0 Å². The molecule has 0 radical (unpaired) electrons. The van der Waals surface area contributed by atoms with Crippen molar-refractivity contribution in [1.82, 2.24) is 26.6 Å². The molecule has 6 atom stereocenters. The van der Waals surface area contributed by atoms with Crippen LogP contribution in [0.1, 0.15) is 115 Å². The molecule has 0 fully saturated rings. The van der Waals surface area contributed by atoms with E-state index in [9.17, 15) is 29.1 Å². The maximum atomic E-state index is 13.7. The highest BCUT2D eigenvalue weighted by Gasteiger charge is 2.33. The third-order valence-electron chi connectivity index (χ3n) is 7.30. The number of aliphatic hydroxyl groups is 1. The lowest BCUT2D eigenvalue weighted by atomic mass is 9.92. The zero-order valence-electron chi connectivity index (χ0n) is 32.1. The fraction of sp³-hybridized carbons (Fsp3) is 0.857. The van der Waals surface area contributed by atoms with Crippen molar-refractivity contribution in [2.75, 3.05) is 20.5 Å². The van der Waals surface area contributed by atoms with Gasteiger partial charge < -0.3 is 45.9 Å². The first-order valence-electron chi connectivity index (χ1n) is 17.7. The number of hydrogen-bond acceptors (Lipinski definition) is 9. The van der Waals surface area contributed by atoms with Gasteiger partial charge in [0.05, 0.1) is 18.8 Å². The molecule has 0 aliphatic rings. The summed E-state index contributed by atoms with van der Waals surface area (Å²) in [5.41, 5.74) is -0.770. The summed E-state index contributed by atoms with van der Waals surface area (Å²) in [6, 6.07) is -3.56. The fourth-order valence-corrected chi connectivity index (χ4v) is 5.03. The van der Waals surface area contributed by atoms with Crippen LogP contribution >= 0.6 is 0 Å². The van der Waals surface area contributed by atoms with Gasteiger partial charge in [-0.25, -0.2) is 4.79 Å². The van der Waals surface area contributed by atoms with Crippen molar-refractivity contribution in [3.05, 3.63) is 0 Å². The van der Waals surface area contributed by atoms with E-state index in [0.29, 0.717) is 25.7 Å². The smallest absolute Gasteiger partial charge is 0.408 e. The molecule has 0 aliphatic carbocycles. The molecule has 0 rings (SSSR count). The van der Waals surface area contributed by atoms with Crippen LogP contribution in [0, 0.1) is 17.8 Å². The third-order valence-corrected chi connectivity index (χ3v) is 7.30. The largest absolute Gasteiger partial charge is 0.444 e. The summed E-state index contributed by atoms with van der Waals surface area (Å²) < 4.78 is 15.7. The second-order valence-electron chi connectivity index (χ2n) is 15.0. The van der Waals surface area contributed by atoms with Crippen molar-refractivity contribution >= 4 is 29.7 Å². The van der Waals surface area contributed by atoms with E-state index in [4.69, 9.17) is 14.2 Å². The summed E-state index contributed by atoms with van der Waals surface area (Å²) in [7, 11) is 1.47. The minimum atomic E-state index is -1.11. The van der Waals surface area contributed by atoms with E-state index in [-0.39, 0.29) is 55.9 Å². The van der Waals surface area contributed by atoms with Crippen LogP contribution in [0.4, 0.5) is 4.79 Å². The van der Waals surface area contributed by atoms with Crippen LogP contribution in [0.25, 0.3) is 0 Å². The highest BCUT2D eigenvalue weighted by molar-refractivity contribution is 5.91. The SMILES string of the molecule is CCC[C@H](NC(=O)[C@H](C)C[C@H](O)[C@H](CC(C)C)NC(=O)[C@H](CCOCOC)NC(=O)[C@H](CC(C)C)NC(=O)OC(C)(C)C)C(=O)NC(C)C. The van der Waals surface area contributed by atoms with Gasteiger partial charge in [0, 0.05) is 25.5 Å². The van der Waals surface area contributed by atoms with E-state index in [1.54, 1.807) is 27.7 Å². The molecular formula is C35H67N5O9. The van der Waals surface area contributed by atoms with Gasteiger partial charge in [0.2, 0.25) is 23.6 Å². The number of carbonyl (C=O) groups excluding carboxylic acids is 5. The number of carbonyl (C=O) groups is 5. The van der Waals surface area contributed by atoms with E-state index in [0.717, 1.165) is 0 Å². The van der Waals surface area contributed by atoms with Crippen LogP contribution in [0.5, 0.6) is 0 Å². The molecule has 6 N–H and O–H groups in total. The zero-order valence-corrected chi connectivity index (χ0v) is 32.1. The number of rotatable bonds is 23. The molecule has 5 amide bonds.